The van der Waals surface area contributed by atoms with Gasteiger partial charge in [0.15, 0.2) is 0 Å². The zero-order valence-electron chi connectivity index (χ0n) is 24.2. The Morgan fingerprint density at radius 3 is 2.70 bits per heavy atom. The van der Waals surface area contributed by atoms with Crippen LogP contribution in [-0.4, -0.2) is 103 Å². The first kappa shape index (κ1) is 30.8. The van der Waals surface area contributed by atoms with Crippen LogP contribution in [0, 0.1) is 11.8 Å². The molecule has 12 nitrogen and oxygen atoms in total. The van der Waals surface area contributed by atoms with E-state index in [1.165, 1.54) is 33.7 Å². The van der Waals surface area contributed by atoms with Crippen molar-refractivity contribution in [2.24, 2.45) is 11.8 Å². The van der Waals surface area contributed by atoms with Crippen molar-refractivity contribution in [3.63, 3.8) is 0 Å². The summed E-state index contributed by atoms with van der Waals surface area (Å²) in [5, 5.41) is 11.9. The molecular weight excluding hydrogens is 594 g/mol. The minimum Gasteiger partial charge on any atom is -0.457 e. The van der Waals surface area contributed by atoms with Gasteiger partial charge in [-0.25, -0.2) is 14.6 Å². The molecule has 2 fully saturated rings. The van der Waals surface area contributed by atoms with Crippen molar-refractivity contribution < 1.29 is 33.8 Å². The van der Waals surface area contributed by atoms with Crippen LogP contribution in [-0.2, 0) is 30.4 Å². The van der Waals surface area contributed by atoms with Crippen molar-refractivity contribution in [1.82, 2.24) is 24.1 Å². The number of ether oxygens (including phenoxy) is 2. The molecule has 1 N–H and O–H groups in total. The Labute approximate surface area is 257 Å². The number of rotatable bonds is 11. The van der Waals surface area contributed by atoms with Crippen molar-refractivity contribution in [1.29, 1.82) is 0 Å². The molecule has 0 radical (unpaired) electrons. The number of aliphatic hydroxyl groups excluding tert-OH is 1. The van der Waals surface area contributed by atoms with E-state index < -0.39 is 30.1 Å². The van der Waals surface area contributed by atoms with Crippen LogP contribution in [0.3, 0.4) is 0 Å². The average molecular weight is 630 g/mol. The van der Waals surface area contributed by atoms with E-state index in [2.05, 4.69) is 18.1 Å². The van der Waals surface area contributed by atoms with Crippen molar-refractivity contribution in [2.75, 3.05) is 26.8 Å². The number of thiazole rings is 1. The summed E-state index contributed by atoms with van der Waals surface area (Å²) >= 11 is 2.91. The maximum absolute atomic E-state index is 13.8. The Kier molecular flexibility index (Phi) is 8.99. The fourth-order valence-corrected chi connectivity index (χ4v) is 8.27. The predicted octanol–water partition coefficient (Wildman–Crippen LogP) is 2.65. The van der Waals surface area contributed by atoms with E-state index >= 15 is 0 Å². The molecule has 3 aliphatic rings. The lowest BCUT2D eigenvalue weighted by Gasteiger charge is -2.46. The summed E-state index contributed by atoms with van der Waals surface area (Å²) in [6, 6.07) is -1.20. The third-order valence-electron chi connectivity index (χ3n) is 8.03. The molecule has 2 saturated heterocycles. The highest BCUT2D eigenvalue weighted by Crippen LogP contribution is 2.52. The van der Waals surface area contributed by atoms with Crippen LogP contribution < -0.4 is 0 Å². The Morgan fingerprint density at radius 2 is 2.00 bits per heavy atom. The number of aliphatic hydroxyl groups is 1. The van der Waals surface area contributed by atoms with E-state index in [0.29, 0.717) is 17.2 Å². The van der Waals surface area contributed by atoms with E-state index in [4.69, 9.17) is 9.47 Å². The van der Waals surface area contributed by atoms with Crippen molar-refractivity contribution in [3.05, 3.63) is 59.5 Å². The first-order valence-electron chi connectivity index (χ1n) is 14.0. The van der Waals surface area contributed by atoms with Gasteiger partial charge >= 0.3 is 12.1 Å². The predicted molar refractivity (Wildman–Crippen MR) is 161 cm³/mol. The van der Waals surface area contributed by atoms with Crippen LogP contribution in [0.1, 0.15) is 26.1 Å². The number of hydrogen-bond donors (Lipinski definition) is 1. The minimum absolute atomic E-state index is 0.00489. The lowest BCUT2D eigenvalue weighted by Crippen LogP contribution is -2.63. The van der Waals surface area contributed by atoms with Gasteiger partial charge in [-0.1, -0.05) is 32.2 Å². The molecule has 0 aliphatic carbocycles. The van der Waals surface area contributed by atoms with Crippen molar-refractivity contribution in [2.45, 2.75) is 50.3 Å². The minimum atomic E-state index is -0.879. The third kappa shape index (κ3) is 5.58. The zero-order valence-corrected chi connectivity index (χ0v) is 25.9. The van der Waals surface area contributed by atoms with Crippen LogP contribution in [0.2, 0.25) is 0 Å². The van der Waals surface area contributed by atoms with Crippen LogP contribution in [0.15, 0.2) is 53.7 Å². The van der Waals surface area contributed by atoms with Gasteiger partial charge in [0.1, 0.15) is 35.6 Å². The lowest BCUT2D eigenvalue weighted by molar-refractivity contribution is -0.164. The number of carbonyl (C=O) groups is 4. The first-order valence-corrected chi connectivity index (χ1v) is 15.7. The summed E-state index contributed by atoms with van der Waals surface area (Å²) in [6.07, 6.45) is 5.34. The Hall–Kier alpha value is -3.62. The molecule has 5 heterocycles. The van der Waals surface area contributed by atoms with Crippen LogP contribution in [0.25, 0.3) is 4.83 Å². The molecular formula is C29H35N5O7S2. The zero-order chi connectivity index (χ0) is 31.0. The van der Waals surface area contributed by atoms with Gasteiger partial charge in [0, 0.05) is 41.2 Å². The van der Waals surface area contributed by atoms with Crippen LogP contribution in [0.5, 0.6) is 0 Å². The summed E-state index contributed by atoms with van der Waals surface area (Å²) in [5.74, 6) is -1.45. The number of β-lactam (4-membered cyclic amide) rings is 1. The van der Waals surface area contributed by atoms with Gasteiger partial charge < -0.3 is 24.4 Å². The summed E-state index contributed by atoms with van der Waals surface area (Å²) in [7, 11) is 1.67. The monoisotopic (exact) mass is 629 g/mol. The molecule has 230 valence electrons. The highest BCUT2D eigenvalue weighted by atomic mass is 32.2. The van der Waals surface area contributed by atoms with Crippen molar-refractivity contribution >= 4 is 51.8 Å². The smallest absolute Gasteiger partial charge is 0.410 e. The lowest BCUT2D eigenvalue weighted by atomic mass is 9.79. The number of imidazole rings is 1. The molecule has 14 heteroatoms. The number of aromatic nitrogens is 2. The topological polar surface area (TPSA) is 134 Å². The standard InChI is InChI=1S/C29H35N5O7S2/c1-6-9-40-28(38)24-25(16(3)23-22(17(4)35)27(37)34(23)24)43-18-12-19(33(14-18)29(39)41-10-7-2)26(36)31(5)15-20-30-13-21-32(20)8-11-42-21/h6-8,11,13,16-19,22-23,35H,1-2,9-10,12,14-15H2,3-5H3/t16-,17-,18+,19+,22-,23-/m1/s1. The number of hydrogen-bond acceptors (Lipinski definition) is 10. The molecule has 2 aromatic heterocycles. The molecule has 2 aromatic rings. The number of likely N-dealkylation sites (tertiary alicyclic amines) is 1. The van der Waals surface area contributed by atoms with E-state index in [0.717, 1.165) is 4.83 Å². The Balaban J connectivity index is 1.39. The molecule has 0 spiro atoms. The molecule has 0 unspecified atom stereocenters. The Bertz CT molecular complexity index is 1480. The quantitative estimate of drug-likeness (QED) is 0.226. The number of carbonyl (C=O) groups excluding carboxylic acids is 4. The second-order valence-electron chi connectivity index (χ2n) is 10.8. The molecule has 0 saturated carbocycles. The fourth-order valence-electron chi connectivity index (χ4n) is 6.03. The SMILES string of the molecule is C=CCOC(=O)C1=C(S[C@H]2C[C@@H](C(=O)N(C)Cc3ncc4sccn34)N(C(=O)OCC=C)C2)[C@H](C)[C@@H]2[C@@H]([C@@H](C)O)C(=O)N12. The van der Waals surface area contributed by atoms with E-state index in [1.54, 1.807) is 36.4 Å². The second-order valence-corrected chi connectivity index (χ2v) is 13.1. The van der Waals surface area contributed by atoms with Gasteiger partial charge in [0.25, 0.3) is 0 Å². The van der Waals surface area contributed by atoms with E-state index in [9.17, 15) is 24.3 Å². The highest BCUT2D eigenvalue weighted by molar-refractivity contribution is 8.03. The summed E-state index contributed by atoms with van der Waals surface area (Å²) in [5.41, 5.74) is 0.151. The molecule has 6 atom stereocenters. The largest absolute Gasteiger partial charge is 0.457 e. The molecule has 3 aliphatic heterocycles. The van der Waals surface area contributed by atoms with Gasteiger partial charge in [0.05, 0.1) is 30.8 Å². The van der Waals surface area contributed by atoms with Gasteiger partial charge in [-0.2, -0.15) is 0 Å². The van der Waals surface area contributed by atoms with E-state index in [1.807, 2.05) is 22.9 Å². The molecule has 5 rings (SSSR count). The van der Waals surface area contributed by atoms with Gasteiger partial charge in [0.2, 0.25) is 11.8 Å². The summed E-state index contributed by atoms with van der Waals surface area (Å²) < 4.78 is 12.6. The highest BCUT2D eigenvalue weighted by Gasteiger charge is 2.60. The van der Waals surface area contributed by atoms with Gasteiger partial charge in [-0.05, 0) is 13.3 Å². The number of likely N-dealkylation sites (N-methyl/N-ethyl adjacent to an activating group) is 1. The molecule has 3 amide bonds. The van der Waals surface area contributed by atoms with Crippen LogP contribution >= 0.6 is 23.1 Å². The number of thioether (sulfide) groups is 1. The van der Waals surface area contributed by atoms with Gasteiger partial charge in [-0.15, -0.1) is 23.1 Å². The fraction of sp³-hybridized carbons (Fsp3) is 0.483. The van der Waals surface area contributed by atoms with Gasteiger partial charge in [-0.3, -0.25) is 18.9 Å². The maximum atomic E-state index is 13.8. The normalized spacial score (nSPS) is 25.4. The number of amides is 3. The molecule has 0 bridgehead atoms. The summed E-state index contributed by atoms with van der Waals surface area (Å²) in [6.45, 7) is 11.1. The third-order valence-corrected chi connectivity index (χ3v) is 10.3. The number of esters is 1. The molecule has 43 heavy (non-hydrogen) atoms. The Morgan fingerprint density at radius 1 is 1.28 bits per heavy atom. The van der Waals surface area contributed by atoms with E-state index in [-0.39, 0.29) is 61.0 Å². The van der Waals surface area contributed by atoms with Crippen LogP contribution in [0.4, 0.5) is 4.79 Å². The van der Waals surface area contributed by atoms with Crippen molar-refractivity contribution in [3.8, 4) is 0 Å². The average Bonchev–Trinajstić information content (AvgIpc) is 3.74. The maximum Gasteiger partial charge on any atom is 0.410 e. The number of fused-ring (bicyclic) bond motifs is 2. The molecule has 0 aromatic carbocycles. The second kappa shape index (κ2) is 12.5. The number of nitrogens with zero attached hydrogens (tertiary/aromatic N) is 5. The first-order chi connectivity index (χ1) is 20.6. The summed E-state index contributed by atoms with van der Waals surface area (Å²) in [4.78, 5) is 63.5.